The van der Waals surface area contributed by atoms with Gasteiger partial charge < -0.3 is 0 Å². The molecular formula is C13H10BrN3O3S. The highest BCUT2D eigenvalue weighted by molar-refractivity contribution is 9.10. The standard InChI is InChI=1S/C13H10BrN3O3S/c1-8-2-3-9(6-11(8)14)13(18)16-15-7-10-4-5-12(21-10)17(19)20/h2-7H,1H3,(H,16,18)/b15-7+. The van der Waals surface area contributed by atoms with Crippen LogP contribution in [0.1, 0.15) is 20.8 Å². The Morgan fingerprint density at radius 1 is 1.43 bits per heavy atom. The molecule has 0 aliphatic rings. The average Bonchev–Trinajstić information content (AvgIpc) is 2.91. The number of hydrazone groups is 1. The van der Waals surface area contributed by atoms with E-state index in [1.807, 2.05) is 13.0 Å². The monoisotopic (exact) mass is 367 g/mol. The number of nitro groups is 1. The van der Waals surface area contributed by atoms with Crippen LogP contribution >= 0.6 is 27.3 Å². The molecule has 1 aromatic carbocycles. The van der Waals surface area contributed by atoms with Gasteiger partial charge in [0, 0.05) is 16.1 Å². The molecule has 0 bridgehead atoms. The Morgan fingerprint density at radius 3 is 2.81 bits per heavy atom. The molecule has 0 saturated carbocycles. The third-order valence-electron chi connectivity index (χ3n) is 2.58. The van der Waals surface area contributed by atoms with Crippen molar-refractivity contribution in [2.75, 3.05) is 0 Å². The summed E-state index contributed by atoms with van der Waals surface area (Å²) in [6.45, 7) is 1.92. The van der Waals surface area contributed by atoms with Crippen molar-refractivity contribution < 1.29 is 9.72 Å². The fourth-order valence-electron chi connectivity index (χ4n) is 1.46. The second kappa shape index (κ2) is 6.59. The molecule has 1 heterocycles. The molecule has 0 fully saturated rings. The molecule has 8 heteroatoms. The number of carbonyl (C=O) groups is 1. The Kier molecular flexibility index (Phi) is 4.81. The van der Waals surface area contributed by atoms with Crippen LogP contribution in [-0.4, -0.2) is 17.0 Å². The van der Waals surface area contributed by atoms with Crippen molar-refractivity contribution in [3.8, 4) is 0 Å². The summed E-state index contributed by atoms with van der Waals surface area (Å²) in [5.41, 5.74) is 3.88. The summed E-state index contributed by atoms with van der Waals surface area (Å²) >= 11 is 4.34. The minimum atomic E-state index is -0.468. The lowest BCUT2D eigenvalue weighted by atomic mass is 10.1. The molecule has 2 rings (SSSR count). The van der Waals surface area contributed by atoms with Gasteiger partial charge in [-0.05, 0) is 30.7 Å². The van der Waals surface area contributed by atoms with Crippen molar-refractivity contribution in [3.63, 3.8) is 0 Å². The second-order valence-corrected chi connectivity index (χ2v) is 6.04. The third-order valence-corrected chi connectivity index (χ3v) is 4.41. The van der Waals surface area contributed by atoms with E-state index in [1.54, 1.807) is 18.2 Å². The van der Waals surface area contributed by atoms with E-state index in [2.05, 4.69) is 26.5 Å². The predicted octanol–water partition coefficient (Wildman–Crippen LogP) is 3.49. The second-order valence-electron chi connectivity index (χ2n) is 4.10. The number of halogens is 1. The van der Waals surface area contributed by atoms with Crippen molar-refractivity contribution >= 4 is 44.4 Å². The zero-order valence-corrected chi connectivity index (χ0v) is 13.3. The van der Waals surface area contributed by atoms with Crippen LogP contribution in [0.2, 0.25) is 0 Å². The van der Waals surface area contributed by atoms with E-state index in [9.17, 15) is 14.9 Å². The Bertz CT molecular complexity index is 727. The van der Waals surface area contributed by atoms with Gasteiger partial charge in [0.25, 0.3) is 5.91 Å². The molecule has 0 radical (unpaired) electrons. The molecule has 0 saturated heterocycles. The summed E-state index contributed by atoms with van der Waals surface area (Å²) in [5.74, 6) is -0.349. The largest absolute Gasteiger partial charge is 0.324 e. The van der Waals surface area contributed by atoms with Crippen LogP contribution in [0.15, 0.2) is 39.9 Å². The molecule has 0 unspecified atom stereocenters. The Balaban J connectivity index is 2.01. The van der Waals surface area contributed by atoms with E-state index in [-0.39, 0.29) is 10.9 Å². The number of hydrogen-bond donors (Lipinski definition) is 1. The highest BCUT2D eigenvalue weighted by atomic mass is 79.9. The van der Waals surface area contributed by atoms with Crippen LogP contribution < -0.4 is 5.43 Å². The first-order valence-corrected chi connectivity index (χ1v) is 7.42. The molecule has 0 spiro atoms. The molecule has 1 N–H and O–H groups in total. The molecule has 108 valence electrons. The molecule has 1 amide bonds. The van der Waals surface area contributed by atoms with Crippen LogP contribution in [0.5, 0.6) is 0 Å². The zero-order chi connectivity index (χ0) is 15.4. The first kappa shape index (κ1) is 15.3. The minimum absolute atomic E-state index is 0.0326. The lowest BCUT2D eigenvalue weighted by molar-refractivity contribution is -0.380. The fraction of sp³-hybridized carbons (Fsp3) is 0.0769. The fourth-order valence-corrected chi connectivity index (χ4v) is 2.54. The van der Waals surface area contributed by atoms with E-state index in [4.69, 9.17) is 0 Å². The number of thiophene rings is 1. The topological polar surface area (TPSA) is 84.6 Å². The molecule has 6 nitrogen and oxygen atoms in total. The van der Waals surface area contributed by atoms with Crippen molar-refractivity contribution in [1.82, 2.24) is 5.43 Å². The van der Waals surface area contributed by atoms with Gasteiger partial charge in [-0.2, -0.15) is 5.10 Å². The number of aryl methyl sites for hydroxylation is 1. The van der Waals surface area contributed by atoms with Gasteiger partial charge in [0.05, 0.1) is 16.0 Å². The Hall–Kier alpha value is -2.06. The molecule has 0 aliphatic carbocycles. The number of hydrogen-bond acceptors (Lipinski definition) is 5. The Morgan fingerprint density at radius 2 is 2.19 bits per heavy atom. The molecule has 2 aromatic rings. The van der Waals surface area contributed by atoms with E-state index in [0.29, 0.717) is 10.4 Å². The van der Waals surface area contributed by atoms with E-state index < -0.39 is 4.92 Å². The smallest absolute Gasteiger partial charge is 0.267 e. The van der Waals surface area contributed by atoms with Crippen molar-refractivity contribution in [1.29, 1.82) is 0 Å². The van der Waals surface area contributed by atoms with Crippen molar-refractivity contribution in [2.24, 2.45) is 5.10 Å². The van der Waals surface area contributed by atoms with Gasteiger partial charge in [0.15, 0.2) is 0 Å². The molecule has 0 aliphatic heterocycles. The van der Waals surface area contributed by atoms with Crippen LogP contribution in [0.3, 0.4) is 0 Å². The van der Waals surface area contributed by atoms with Gasteiger partial charge in [-0.3, -0.25) is 14.9 Å². The average molecular weight is 368 g/mol. The van der Waals surface area contributed by atoms with Gasteiger partial charge in [-0.25, -0.2) is 5.43 Å². The number of rotatable bonds is 4. The summed E-state index contributed by atoms with van der Waals surface area (Å²) in [7, 11) is 0. The van der Waals surface area contributed by atoms with Gasteiger partial charge in [0.2, 0.25) is 0 Å². The third kappa shape index (κ3) is 3.96. The van der Waals surface area contributed by atoms with Crippen LogP contribution in [0.4, 0.5) is 5.00 Å². The number of benzene rings is 1. The molecule has 0 atom stereocenters. The highest BCUT2D eigenvalue weighted by Crippen LogP contribution is 2.22. The molecular weight excluding hydrogens is 358 g/mol. The number of nitrogens with one attached hydrogen (secondary N) is 1. The van der Waals surface area contributed by atoms with E-state index >= 15 is 0 Å². The summed E-state index contributed by atoms with van der Waals surface area (Å²) in [6, 6.07) is 8.19. The van der Waals surface area contributed by atoms with Gasteiger partial charge >= 0.3 is 5.00 Å². The maximum atomic E-state index is 11.9. The summed E-state index contributed by atoms with van der Waals surface area (Å²) < 4.78 is 0.841. The Labute approximate surface area is 132 Å². The first-order valence-electron chi connectivity index (χ1n) is 5.81. The lowest BCUT2D eigenvalue weighted by Gasteiger charge is -2.02. The van der Waals surface area contributed by atoms with Crippen molar-refractivity contribution in [2.45, 2.75) is 6.92 Å². The number of nitrogens with zero attached hydrogens (tertiary/aromatic N) is 2. The maximum absolute atomic E-state index is 11.9. The summed E-state index contributed by atoms with van der Waals surface area (Å²) in [6.07, 6.45) is 1.37. The van der Waals surface area contributed by atoms with Gasteiger partial charge in [-0.1, -0.05) is 33.3 Å². The molecule has 1 aromatic heterocycles. The lowest BCUT2D eigenvalue weighted by Crippen LogP contribution is -2.17. The number of amides is 1. The zero-order valence-electron chi connectivity index (χ0n) is 10.9. The predicted molar refractivity (Wildman–Crippen MR) is 84.9 cm³/mol. The van der Waals surface area contributed by atoms with Gasteiger partial charge in [-0.15, -0.1) is 0 Å². The number of carbonyl (C=O) groups excluding carboxylic acids is 1. The van der Waals surface area contributed by atoms with Crippen LogP contribution in [0.25, 0.3) is 0 Å². The quantitative estimate of drug-likeness (QED) is 0.509. The van der Waals surface area contributed by atoms with E-state index in [0.717, 1.165) is 21.4 Å². The van der Waals surface area contributed by atoms with Crippen molar-refractivity contribution in [3.05, 3.63) is 60.9 Å². The summed E-state index contributed by atoms with van der Waals surface area (Å²) in [5, 5.41) is 14.4. The molecule has 21 heavy (non-hydrogen) atoms. The minimum Gasteiger partial charge on any atom is -0.267 e. The first-order chi connectivity index (χ1) is 9.97. The van der Waals surface area contributed by atoms with Crippen LogP contribution in [-0.2, 0) is 0 Å². The summed E-state index contributed by atoms with van der Waals surface area (Å²) in [4.78, 5) is 22.5. The van der Waals surface area contributed by atoms with Crippen LogP contribution in [0, 0.1) is 17.0 Å². The maximum Gasteiger partial charge on any atom is 0.324 e. The normalized spacial score (nSPS) is 10.8. The highest BCUT2D eigenvalue weighted by Gasteiger charge is 2.09. The van der Waals surface area contributed by atoms with E-state index in [1.165, 1.54) is 12.3 Å². The SMILES string of the molecule is Cc1ccc(C(=O)N/N=C/c2ccc([N+](=O)[O-])s2)cc1Br. The van der Waals surface area contributed by atoms with Gasteiger partial charge in [0.1, 0.15) is 0 Å².